The van der Waals surface area contributed by atoms with Crippen molar-refractivity contribution in [2.45, 2.75) is 23.8 Å². The van der Waals surface area contributed by atoms with Gasteiger partial charge in [-0.2, -0.15) is 0 Å². The van der Waals surface area contributed by atoms with Crippen LogP contribution in [-0.2, 0) is 14.8 Å². The first-order valence-electron chi connectivity index (χ1n) is 10.4. The highest BCUT2D eigenvalue weighted by Gasteiger charge is 2.20. The topological polar surface area (TPSA) is 67.9 Å². The summed E-state index contributed by atoms with van der Waals surface area (Å²) in [5.41, 5.74) is 1.56. The fourth-order valence-electron chi connectivity index (χ4n) is 3.66. The van der Waals surface area contributed by atoms with E-state index in [-0.39, 0.29) is 11.0 Å². The van der Waals surface area contributed by atoms with Crippen LogP contribution in [0.1, 0.15) is 12.8 Å². The molecule has 1 heterocycles. The summed E-state index contributed by atoms with van der Waals surface area (Å²) in [5, 5.41) is 0.483. The average molecular weight is 473 g/mol. The number of para-hydroxylation sites is 1. The Morgan fingerprint density at radius 3 is 2.41 bits per heavy atom. The summed E-state index contributed by atoms with van der Waals surface area (Å²) in [6, 6.07) is 20.7. The quantitative estimate of drug-likeness (QED) is 0.488. The summed E-state index contributed by atoms with van der Waals surface area (Å²) in [5.74, 6) is 1.01. The largest absolute Gasteiger partial charge is 0.456 e. The second kappa shape index (κ2) is 9.81. The highest BCUT2D eigenvalue weighted by atomic mass is 35.5. The van der Waals surface area contributed by atoms with Crippen LogP contribution in [0.2, 0.25) is 5.02 Å². The highest BCUT2D eigenvalue weighted by Crippen LogP contribution is 2.30. The van der Waals surface area contributed by atoms with Crippen molar-refractivity contribution in [3.63, 3.8) is 0 Å². The van der Waals surface area contributed by atoms with Crippen LogP contribution in [0.4, 0.5) is 11.4 Å². The lowest BCUT2D eigenvalue weighted by atomic mass is 10.1. The van der Waals surface area contributed by atoms with Crippen LogP contribution >= 0.6 is 11.6 Å². The molecule has 0 radical (unpaired) electrons. The Bertz CT molecular complexity index is 1150. The van der Waals surface area contributed by atoms with Gasteiger partial charge in [-0.1, -0.05) is 23.7 Å². The van der Waals surface area contributed by atoms with E-state index >= 15 is 0 Å². The van der Waals surface area contributed by atoms with Crippen LogP contribution in [0, 0.1) is 0 Å². The molecule has 3 aromatic carbocycles. The maximum atomic E-state index is 12.8. The molecule has 0 amide bonds. The van der Waals surface area contributed by atoms with Gasteiger partial charge in [-0.25, -0.2) is 8.42 Å². The van der Waals surface area contributed by atoms with Gasteiger partial charge in [0.1, 0.15) is 11.5 Å². The minimum absolute atomic E-state index is 0.145. The maximum Gasteiger partial charge on any atom is 0.261 e. The summed E-state index contributed by atoms with van der Waals surface area (Å²) >= 11 is 6.10. The van der Waals surface area contributed by atoms with E-state index in [1.165, 1.54) is 12.1 Å². The van der Waals surface area contributed by atoms with Gasteiger partial charge in [0.2, 0.25) is 0 Å². The molecule has 0 saturated carbocycles. The van der Waals surface area contributed by atoms with Crippen molar-refractivity contribution in [2.75, 3.05) is 29.8 Å². The fourth-order valence-corrected chi connectivity index (χ4v) is 4.89. The Labute approximate surface area is 193 Å². The van der Waals surface area contributed by atoms with Crippen molar-refractivity contribution < 1.29 is 17.9 Å². The third-order valence-electron chi connectivity index (χ3n) is 5.39. The molecular weight excluding hydrogens is 448 g/mol. The lowest BCUT2D eigenvalue weighted by Gasteiger charge is -2.33. The van der Waals surface area contributed by atoms with Crippen molar-refractivity contribution in [2.24, 2.45) is 0 Å². The van der Waals surface area contributed by atoms with Crippen molar-refractivity contribution in [3.8, 4) is 11.5 Å². The number of piperidine rings is 1. The van der Waals surface area contributed by atoms with E-state index < -0.39 is 10.0 Å². The summed E-state index contributed by atoms with van der Waals surface area (Å²) in [6.07, 6.45) is 2.36. The van der Waals surface area contributed by atoms with Crippen LogP contribution in [0.3, 0.4) is 0 Å². The minimum Gasteiger partial charge on any atom is -0.456 e. The van der Waals surface area contributed by atoms with Gasteiger partial charge in [0.05, 0.1) is 16.0 Å². The predicted octanol–water partition coefficient (Wildman–Crippen LogP) is 5.55. The number of nitrogens with zero attached hydrogens (tertiary/aromatic N) is 1. The van der Waals surface area contributed by atoms with E-state index in [2.05, 4.69) is 9.62 Å². The molecule has 168 valence electrons. The third-order valence-corrected chi connectivity index (χ3v) is 7.10. The molecule has 6 nitrogen and oxygen atoms in total. The van der Waals surface area contributed by atoms with E-state index in [0.29, 0.717) is 22.2 Å². The van der Waals surface area contributed by atoms with Gasteiger partial charge in [0, 0.05) is 31.6 Å². The first kappa shape index (κ1) is 22.5. The molecule has 1 atom stereocenters. The molecule has 1 saturated heterocycles. The fraction of sp³-hybridized carbons (Fsp3) is 0.250. The summed E-state index contributed by atoms with van der Waals surface area (Å²) in [4.78, 5) is 2.40. The summed E-state index contributed by atoms with van der Waals surface area (Å²) in [7, 11) is -1.99. The standard InChI is InChI=1S/C24H25ClN2O4S/c1-30-21-5-4-16-27(17-21)19-10-8-18(9-11-19)26-32(28,29)22-14-12-20(13-15-22)31-24-7-3-2-6-23(24)25/h2-3,6-15,21,26H,4-5,16-17H2,1H3. The monoisotopic (exact) mass is 472 g/mol. The second-order valence-corrected chi connectivity index (χ2v) is 9.69. The molecule has 1 aliphatic heterocycles. The van der Waals surface area contributed by atoms with Crippen molar-refractivity contribution in [3.05, 3.63) is 77.8 Å². The number of rotatable bonds is 7. The molecule has 8 heteroatoms. The Balaban J connectivity index is 1.42. The molecular formula is C24H25ClN2O4S. The number of benzene rings is 3. The average Bonchev–Trinajstić information content (AvgIpc) is 2.81. The summed E-state index contributed by atoms with van der Waals surface area (Å²) in [6.45, 7) is 1.80. The van der Waals surface area contributed by atoms with E-state index in [4.69, 9.17) is 21.1 Å². The molecule has 1 fully saturated rings. The van der Waals surface area contributed by atoms with E-state index in [9.17, 15) is 8.42 Å². The molecule has 1 unspecified atom stereocenters. The number of nitrogens with one attached hydrogen (secondary N) is 1. The van der Waals surface area contributed by atoms with Gasteiger partial charge in [-0.3, -0.25) is 4.72 Å². The van der Waals surface area contributed by atoms with E-state index in [0.717, 1.165) is 31.6 Å². The van der Waals surface area contributed by atoms with Crippen molar-refractivity contribution in [1.82, 2.24) is 0 Å². The normalized spacial score (nSPS) is 16.6. The molecule has 1 N–H and O–H groups in total. The van der Waals surface area contributed by atoms with Crippen LogP contribution in [0.15, 0.2) is 77.7 Å². The predicted molar refractivity (Wildman–Crippen MR) is 127 cm³/mol. The van der Waals surface area contributed by atoms with Gasteiger partial charge >= 0.3 is 0 Å². The minimum atomic E-state index is -3.73. The number of sulfonamides is 1. The number of anilines is 2. The maximum absolute atomic E-state index is 12.8. The van der Waals surface area contributed by atoms with Crippen molar-refractivity contribution >= 4 is 33.0 Å². The van der Waals surface area contributed by atoms with Crippen LogP contribution in [0.25, 0.3) is 0 Å². The van der Waals surface area contributed by atoms with Gasteiger partial charge in [-0.05, 0) is 73.5 Å². The molecule has 0 aromatic heterocycles. The highest BCUT2D eigenvalue weighted by molar-refractivity contribution is 7.92. The zero-order valence-electron chi connectivity index (χ0n) is 17.7. The Morgan fingerprint density at radius 1 is 1.00 bits per heavy atom. The first-order chi connectivity index (χ1) is 15.4. The second-order valence-electron chi connectivity index (χ2n) is 7.60. The van der Waals surface area contributed by atoms with Gasteiger partial charge in [-0.15, -0.1) is 0 Å². The molecule has 4 rings (SSSR count). The number of methoxy groups -OCH3 is 1. The van der Waals surface area contributed by atoms with Crippen LogP contribution in [-0.4, -0.2) is 34.7 Å². The van der Waals surface area contributed by atoms with E-state index in [1.54, 1.807) is 43.5 Å². The number of ether oxygens (including phenoxy) is 2. The lowest BCUT2D eigenvalue weighted by Crippen LogP contribution is -2.39. The zero-order chi connectivity index (χ0) is 22.6. The Morgan fingerprint density at radius 2 is 1.72 bits per heavy atom. The Kier molecular flexibility index (Phi) is 6.89. The number of hydrogen-bond donors (Lipinski definition) is 1. The zero-order valence-corrected chi connectivity index (χ0v) is 19.3. The smallest absolute Gasteiger partial charge is 0.261 e. The molecule has 1 aliphatic rings. The van der Waals surface area contributed by atoms with Crippen LogP contribution < -0.4 is 14.4 Å². The first-order valence-corrected chi connectivity index (χ1v) is 12.2. The molecule has 3 aromatic rings. The molecule has 0 aliphatic carbocycles. The molecule has 0 bridgehead atoms. The lowest BCUT2D eigenvalue weighted by molar-refractivity contribution is 0.0893. The van der Waals surface area contributed by atoms with Gasteiger partial charge < -0.3 is 14.4 Å². The SMILES string of the molecule is COC1CCCN(c2ccc(NS(=O)(=O)c3ccc(Oc4ccccc4Cl)cc3)cc2)C1. The van der Waals surface area contributed by atoms with E-state index in [1.807, 2.05) is 24.3 Å². The molecule has 32 heavy (non-hydrogen) atoms. The van der Waals surface area contributed by atoms with Crippen molar-refractivity contribution in [1.29, 1.82) is 0 Å². The number of halogens is 1. The number of hydrogen-bond acceptors (Lipinski definition) is 5. The summed E-state index contributed by atoms with van der Waals surface area (Å²) < 4.78 is 39.4. The van der Waals surface area contributed by atoms with Crippen LogP contribution in [0.5, 0.6) is 11.5 Å². The Hall–Kier alpha value is -2.74. The third kappa shape index (κ3) is 5.35. The van der Waals surface area contributed by atoms with Gasteiger partial charge in [0.25, 0.3) is 10.0 Å². The molecule has 0 spiro atoms. The van der Waals surface area contributed by atoms with Gasteiger partial charge in [0.15, 0.2) is 0 Å².